The second kappa shape index (κ2) is 76.2. The van der Waals surface area contributed by atoms with Crippen LogP contribution in [0.15, 0.2) is 0 Å². The Kier molecular flexibility index (Phi) is 78.1. The highest BCUT2D eigenvalue weighted by Crippen LogP contribution is 2.05. The van der Waals surface area contributed by atoms with E-state index in [9.17, 15) is 53.1 Å². The van der Waals surface area contributed by atoms with Crippen LogP contribution in [0.3, 0.4) is 0 Å². The Labute approximate surface area is 628 Å². The Hall–Kier alpha value is -6.02. The number of carbonyl (C=O) groups excluding carboxylic acids is 9. The van der Waals surface area contributed by atoms with Gasteiger partial charge in [0.05, 0.1) is 49.9 Å². The molecule has 38 heteroatoms. The molecule has 38 nitrogen and oxygen atoms in total. The molecule has 6 atom stereocenters. The summed E-state index contributed by atoms with van der Waals surface area (Å²) < 4.78 is 0. The fourth-order valence-corrected chi connectivity index (χ4v) is 8.63. The van der Waals surface area contributed by atoms with Gasteiger partial charge in [0.25, 0.3) is 0 Å². The fraction of sp³-hybridized carbons (Fsp3) is 0.851. The highest BCUT2D eigenvalue weighted by Gasteiger charge is 2.27. The third-order valence-corrected chi connectivity index (χ3v) is 15.2. The van der Waals surface area contributed by atoms with Crippen LogP contribution in [0.5, 0.6) is 0 Å². The van der Waals surface area contributed by atoms with Crippen LogP contribution >= 0.6 is 0 Å². The fourth-order valence-electron chi connectivity index (χ4n) is 8.63. The summed E-state index contributed by atoms with van der Waals surface area (Å²) in [6.07, 6.45) is 11.2. The van der Waals surface area contributed by atoms with Gasteiger partial charge in [-0.1, -0.05) is 0 Å². The second-order valence-electron chi connectivity index (χ2n) is 25.6. The Morgan fingerprint density at radius 1 is 0.314 bits per heavy atom. The number of carbonyl (C=O) groups is 10. The first-order chi connectivity index (χ1) is 50.0. The van der Waals surface area contributed by atoms with E-state index in [4.69, 9.17) is 56.7 Å². The van der Waals surface area contributed by atoms with Gasteiger partial charge in [0.1, 0.15) is 6.04 Å². The van der Waals surface area contributed by atoms with Crippen LogP contribution in [-0.4, -0.2) is 358 Å². The smallest absolute Gasteiger partial charge is 0.326 e. The maximum absolute atomic E-state index is 12.5. The molecule has 32 N–H and O–H groups in total. The van der Waals surface area contributed by atoms with Crippen LogP contribution in [0.2, 0.25) is 0 Å². The van der Waals surface area contributed by atoms with Gasteiger partial charge in [-0.3, -0.25) is 43.2 Å². The number of aliphatic carboxylic acids is 1. The molecule has 0 aliphatic heterocycles. The van der Waals surface area contributed by atoms with Crippen LogP contribution in [0.1, 0.15) is 109 Å². The monoisotopic (exact) mass is 1510 g/mol. The number of aliphatic hydroxyl groups excluding tert-OH is 1. The lowest BCUT2D eigenvalue weighted by Gasteiger charge is -2.22. The molecule has 9 amide bonds. The van der Waals surface area contributed by atoms with Crippen molar-refractivity contribution in [2.24, 2.45) is 51.6 Å². The lowest BCUT2D eigenvalue weighted by Crippen LogP contribution is -2.51. The molecular formula is C67H150N26O12. The normalized spacial score (nSPS) is 12.3. The predicted octanol–water partition coefficient (Wildman–Crippen LogP) is -8.90. The summed E-state index contributed by atoms with van der Waals surface area (Å²) >= 11 is 0. The van der Waals surface area contributed by atoms with E-state index in [-0.39, 0.29) is 104 Å². The second-order valence-corrected chi connectivity index (χ2v) is 25.6. The minimum absolute atomic E-state index is 0.0174. The SMILES string of the molecule is CN(C)C(=O)C(CCCNCCCN)NCCCN.CN(C)C(=O)CCC(N)C(=O)NCCNCCO.CN(C)C(=O)CCC(NC(=O)C(CCNCCN)NCCCN)C(=O)O.CN(C)C(=O)CNC(=O)[C@H](CCCN)NCCCN.CN(C)C(=O)CNC(=O)[C@H](CCCNCCCN)NCCCN. The summed E-state index contributed by atoms with van der Waals surface area (Å²) in [5, 5.41) is 53.7. The van der Waals surface area contributed by atoms with Crippen LogP contribution < -0.4 is 115 Å². The van der Waals surface area contributed by atoms with Crippen molar-refractivity contribution < 1.29 is 58.2 Å². The highest BCUT2D eigenvalue weighted by molar-refractivity contribution is 5.89. The largest absolute Gasteiger partial charge is 0.480 e. The molecule has 0 aromatic rings. The Morgan fingerprint density at radius 2 is 0.667 bits per heavy atom. The van der Waals surface area contributed by atoms with Crippen molar-refractivity contribution in [1.29, 1.82) is 0 Å². The maximum Gasteiger partial charge on any atom is 0.326 e. The molecule has 0 saturated heterocycles. The molecule has 0 rings (SSSR count). The molecule has 0 aliphatic rings. The van der Waals surface area contributed by atoms with E-state index in [0.717, 1.165) is 97.1 Å². The Bertz CT molecular complexity index is 2180. The molecule has 0 aliphatic carbocycles. The number of hydrogen-bond acceptors (Lipinski definition) is 28. The first-order valence-corrected chi connectivity index (χ1v) is 37.1. The number of nitrogens with zero attached hydrogens (tertiary/aromatic N) is 5. The average Bonchev–Trinajstić information content (AvgIpc) is 0.923. The minimum Gasteiger partial charge on any atom is -0.480 e. The van der Waals surface area contributed by atoms with E-state index in [1.165, 1.54) is 19.6 Å². The molecule has 105 heavy (non-hydrogen) atoms. The molecule has 0 aromatic heterocycles. The molecule has 0 bridgehead atoms. The topological polar surface area (TPSA) is 606 Å². The molecule has 0 aromatic carbocycles. The summed E-state index contributed by atoms with van der Waals surface area (Å²) in [5.41, 5.74) is 49.2. The van der Waals surface area contributed by atoms with Gasteiger partial charge >= 0.3 is 5.97 Å². The first-order valence-electron chi connectivity index (χ1n) is 37.1. The number of amides is 9. The van der Waals surface area contributed by atoms with Crippen molar-refractivity contribution in [3.8, 4) is 0 Å². The standard InChI is InChI=1S/C16H34N6O4.C15H34N6O2.C13H31N5O.C12H27N5O2.C11H24N4O3/c1-22(2)14(23)5-4-13(16(25)26)21-15(24)12(20-9-3-7-17)6-10-19-11-8-18;1-21(2)14(22)12-20-15(23)13(19-11-5-8-17)6-3-9-18-10-4-7-16;1-18(2)13(19)12(17-11-5-8-15)6-3-9-16-10-4-7-14;1-17(2)11(18)9-16-12(19)10(5-3-6-13)15-8-4-7-14;1-15(2)10(17)4-3-9(12)11(18)14-6-5-13-7-8-16/h12-13,19-20H,3-11,17-18H2,1-2H3,(H,21,24)(H,25,26);13,18-19H,3-12,16-17H2,1-2H3,(H,20,23);12,16-17H,3-11,14-15H2,1-2H3;10,15H,3-9,13-14H2,1-2H3,(H,16,19);9,13,16H,3-8,12H2,1-2H3,(H,14,18)/t;13-;;10-;/m.0.0./s1. The predicted molar refractivity (Wildman–Crippen MR) is 417 cm³/mol. The lowest BCUT2D eigenvalue weighted by molar-refractivity contribution is -0.142. The number of rotatable bonds is 60. The van der Waals surface area contributed by atoms with Crippen molar-refractivity contribution in [3.05, 3.63) is 0 Å². The van der Waals surface area contributed by atoms with Crippen molar-refractivity contribution in [2.45, 2.75) is 145 Å². The van der Waals surface area contributed by atoms with E-state index in [2.05, 4.69) is 63.8 Å². The lowest BCUT2D eigenvalue weighted by atomic mass is 10.1. The van der Waals surface area contributed by atoms with Crippen LogP contribution in [0, 0.1) is 0 Å². The van der Waals surface area contributed by atoms with Crippen molar-refractivity contribution in [3.63, 3.8) is 0 Å². The van der Waals surface area contributed by atoms with E-state index in [1.807, 2.05) is 0 Å². The van der Waals surface area contributed by atoms with Crippen molar-refractivity contribution in [1.82, 2.24) is 88.3 Å². The summed E-state index contributed by atoms with van der Waals surface area (Å²) in [7, 11) is 16.8. The highest BCUT2D eigenvalue weighted by atomic mass is 16.4. The summed E-state index contributed by atoms with van der Waals surface area (Å²) in [4.78, 5) is 125. The Morgan fingerprint density at radius 3 is 1.05 bits per heavy atom. The van der Waals surface area contributed by atoms with E-state index >= 15 is 0 Å². The average molecular weight is 1510 g/mol. The summed E-state index contributed by atoms with van der Waals surface area (Å²) in [6.45, 7) is 13.9. The Balaban J connectivity index is -0.000000400. The number of carboxylic acid groups (broad SMARTS) is 1. The van der Waals surface area contributed by atoms with Crippen molar-refractivity contribution in [2.75, 3.05) is 228 Å². The molecule has 0 spiro atoms. The van der Waals surface area contributed by atoms with Gasteiger partial charge in [0.15, 0.2) is 0 Å². The molecule has 0 heterocycles. The van der Waals surface area contributed by atoms with E-state index in [1.54, 1.807) is 75.4 Å². The molecule has 0 radical (unpaired) electrons. The number of nitrogens with two attached hydrogens (primary N) is 9. The molecule has 620 valence electrons. The first kappa shape index (κ1) is 108. The number of carboxylic acids is 1. The van der Waals surface area contributed by atoms with Gasteiger partial charge in [-0.25, -0.2) is 4.79 Å². The van der Waals surface area contributed by atoms with Gasteiger partial charge < -0.3 is 150 Å². The zero-order valence-corrected chi connectivity index (χ0v) is 65.9. The van der Waals surface area contributed by atoms with Crippen LogP contribution in [-0.2, 0) is 47.9 Å². The number of nitrogens with one attached hydrogen (secondary N) is 12. The number of hydrogen-bond donors (Lipinski definition) is 23. The molecule has 0 saturated carbocycles. The zero-order valence-electron chi connectivity index (χ0n) is 65.9. The van der Waals surface area contributed by atoms with Gasteiger partial charge in [-0.05, 0) is 201 Å². The van der Waals surface area contributed by atoms with Gasteiger partial charge in [0, 0.05) is 116 Å². The summed E-state index contributed by atoms with van der Waals surface area (Å²) in [6, 6.07) is -3.03. The minimum atomic E-state index is -1.16. The van der Waals surface area contributed by atoms with Crippen LogP contribution in [0.4, 0.5) is 0 Å². The van der Waals surface area contributed by atoms with E-state index < -0.39 is 30.0 Å². The van der Waals surface area contributed by atoms with Gasteiger partial charge in [-0.2, -0.15) is 0 Å². The third kappa shape index (κ3) is 68.3. The number of aliphatic hydroxyl groups is 1. The molecule has 4 unspecified atom stereocenters. The number of likely N-dealkylation sites (N-methyl/N-ethyl adjacent to an activating group) is 3. The maximum atomic E-state index is 12.5. The quantitative estimate of drug-likeness (QED) is 0.0252. The van der Waals surface area contributed by atoms with Crippen LogP contribution in [0.25, 0.3) is 0 Å². The molecular weight excluding hydrogens is 1360 g/mol. The van der Waals surface area contributed by atoms with Gasteiger partial charge in [-0.15, -0.1) is 0 Å². The van der Waals surface area contributed by atoms with E-state index in [0.29, 0.717) is 130 Å². The van der Waals surface area contributed by atoms with Gasteiger partial charge in [0.2, 0.25) is 53.2 Å². The molecule has 0 fully saturated rings. The third-order valence-electron chi connectivity index (χ3n) is 15.2. The summed E-state index contributed by atoms with van der Waals surface area (Å²) in [5.74, 6) is -2.47. The zero-order chi connectivity index (χ0) is 80.6. The van der Waals surface area contributed by atoms with Crippen molar-refractivity contribution >= 4 is 59.1 Å².